The van der Waals surface area contributed by atoms with E-state index >= 15 is 0 Å². The van der Waals surface area contributed by atoms with Gasteiger partial charge in [0.2, 0.25) is 0 Å². The predicted octanol–water partition coefficient (Wildman–Crippen LogP) is 4.14. The van der Waals surface area contributed by atoms with E-state index in [2.05, 4.69) is 20.9 Å². The second-order valence-corrected chi connectivity index (χ2v) is 6.27. The van der Waals surface area contributed by atoms with E-state index in [4.69, 9.17) is 9.84 Å². The molecule has 0 radical (unpaired) electrons. The zero-order valence-corrected chi connectivity index (χ0v) is 15.4. The Hall–Kier alpha value is -1.95. The van der Waals surface area contributed by atoms with Crippen molar-refractivity contribution in [1.82, 2.24) is 4.98 Å². The molecular weight excluding hydrogens is 374 g/mol. The van der Waals surface area contributed by atoms with Crippen molar-refractivity contribution in [3.63, 3.8) is 0 Å². The van der Waals surface area contributed by atoms with Gasteiger partial charge in [-0.05, 0) is 47.3 Å². The van der Waals surface area contributed by atoms with E-state index in [0.717, 1.165) is 21.8 Å². The quantitative estimate of drug-likeness (QED) is 0.715. The normalized spacial score (nSPS) is 10.8. The first-order valence-electron chi connectivity index (χ1n) is 7.98. The van der Waals surface area contributed by atoms with Crippen molar-refractivity contribution < 1.29 is 19.4 Å². The lowest BCUT2D eigenvalue weighted by atomic mass is 9.95. The number of hydrogen-bond acceptors (Lipinski definition) is 4. The summed E-state index contributed by atoms with van der Waals surface area (Å²) in [5.74, 6) is -1.34. The minimum absolute atomic E-state index is 0.0520. The fourth-order valence-corrected chi connectivity index (χ4v) is 3.18. The SMILES string of the molecule is CCCc1nc2c(Br)cccc2c(CCC(=O)O)c1C(=O)OCC. The van der Waals surface area contributed by atoms with Crippen molar-refractivity contribution in [2.24, 2.45) is 0 Å². The number of hydrogen-bond donors (Lipinski definition) is 1. The molecule has 0 unspecified atom stereocenters. The highest BCUT2D eigenvalue weighted by Crippen LogP contribution is 2.30. The Labute approximate surface area is 149 Å². The minimum atomic E-state index is -0.901. The van der Waals surface area contributed by atoms with E-state index < -0.39 is 11.9 Å². The maximum atomic E-state index is 12.5. The Balaban J connectivity index is 2.75. The van der Waals surface area contributed by atoms with Gasteiger partial charge >= 0.3 is 11.9 Å². The molecule has 1 heterocycles. The summed E-state index contributed by atoms with van der Waals surface area (Å²) in [6.07, 6.45) is 1.67. The number of rotatable bonds is 7. The second-order valence-electron chi connectivity index (χ2n) is 5.41. The van der Waals surface area contributed by atoms with Gasteiger partial charge in [0.15, 0.2) is 0 Å². The number of carbonyl (C=O) groups excluding carboxylic acids is 1. The molecule has 2 rings (SSSR count). The van der Waals surface area contributed by atoms with Gasteiger partial charge in [0.25, 0.3) is 0 Å². The minimum Gasteiger partial charge on any atom is -0.481 e. The van der Waals surface area contributed by atoms with Crippen LogP contribution in [0.1, 0.15) is 48.3 Å². The first kappa shape index (κ1) is 18.4. The van der Waals surface area contributed by atoms with Crippen molar-refractivity contribution in [2.45, 2.75) is 39.5 Å². The molecule has 1 N–H and O–H groups in total. The smallest absolute Gasteiger partial charge is 0.340 e. The van der Waals surface area contributed by atoms with Crippen LogP contribution in [0.25, 0.3) is 10.9 Å². The topological polar surface area (TPSA) is 76.5 Å². The monoisotopic (exact) mass is 393 g/mol. The van der Waals surface area contributed by atoms with Crippen LogP contribution in [-0.2, 0) is 22.4 Å². The molecule has 0 aliphatic carbocycles. The summed E-state index contributed by atoms with van der Waals surface area (Å²) in [7, 11) is 0. The molecule has 0 bridgehead atoms. The van der Waals surface area contributed by atoms with Gasteiger partial charge in [-0.3, -0.25) is 9.78 Å². The zero-order valence-electron chi connectivity index (χ0n) is 13.8. The largest absolute Gasteiger partial charge is 0.481 e. The summed E-state index contributed by atoms with van der Waals surface area (Å²) in [4.78, 5) is 28.2. The van der Waals surface area contributed by atoms with Crippen LogP contribution in [0, 0.1) is 0 Å². The molecule has 0 amide bonds. The van der Waals surface area contributed by atoms with Crippen molar-refractivity contribution >= 4 is 38.8 Å². The summed E-state index contributed by atoms with van der Waals surface area (Å²) >= 11 is 3.49. The lowest BCUT2D eigenvalue weighted by Crippen LogP contribution is -2.15. The number of carbonyl (C=O) groups is 2. The van der Waals surface area contributed by atoms with Crippen LogP contribution >= 0.6 is 15.9 Å². The van der Waals surface area contributed by atoms with Gasteiger partial charge in [-0.15, -0.1) is 0 Å². The van der Waals surface area contributed by atoms with Crippen molar-refractivity contribution in [1.29, 1.82) is 0 Å². The van der Waals surface area contributed by atoms with E-state index in [1.54, 1.807) is 6.92 Å². The van der Waals surface area contributed by atoms with Crippen molar-refractivity contribution in [3.8, 4) is 0 Å². The van der Waals surface area contributed by atoms with E-state index in [-0.39, 0.29) is 19.4 Å². The maximum Gasteiger partial charge on any atom is 0.340 e. The number of pyridine rings is 1. The average molecular weight is 394 g/mol. The number of benzene rings is 1. The van der Waals surface area contributed by atoms with Gasteiger partial charge in [-0.25, -0.2) is 4.79 Å². The summed E-state index contributed by atoms with van der Waals surface area (Å²) in [6, 6.07) is 5.60. The van der Waals surface area contributed by atoms with Crippen molar-refractivity contribution in [3.05, 3.63) is 39.5 Å². The number of aryl methyl sites for hydroxylation is 2. The molecule has 0 aliphatic heterocycles. The lowest BCUT2D eigenvalue weighted by Gasteiger charge is -2.16. The van der Waals surface area contributed by atoms with Crippen LogP contribution in [0.15, 0.2) is 22.7 Å². The molecule has 1 aromatic carbocycles. The fourth-order valence-electron chi connectivity index (χ4n) is 2.73. The number of ether oxygens (including phenoxy) is 1. The van der Waals surface area contributed by atoms with Crippen LogP contribution in [0.5, 0.6) is 0 Å². The summed E-state index contributed by atoms with van der Waals surface area (Å²) in [6.45, 7) is 4.02. The molecule has 128 valence electrons. The van der Waals surface area contributed by atoms with Gasteiger partial charge in [0.1, 0.15) is 0 Å². The summed E-state index contributed by atoms with van der Waals surface area (Å²) in [5.41, 5.74) is 2.53. The molecule has 1 aromatic heterocycles. The molecule has 0 spiro atoms. The maximum absolute atomic E-state index is 12.5. The number of esters is 1. The third-order valence-electron chi connectivity index (χ3n) is 3.70. The third kappa shape index (κ3) is 3.93. The van der Waals surface area contributed by atoms with Gasteiger partial charge in [-0.1, -0.05) is 25.5 Å². The van der Waals surface area contributed by atoms with Crippen LogP contribution in [0.4, 0.5) is 0 Å². The van der Waals surface area contributed by atoms with Gasteiger partial charge in [0, 0.05) is 16.3 Å². The number of carboxylic acid groups (broad SMARTS) is 1. The predicted molar refractivity (Wildman–Crippen MR) is 95.4 cm³/mol. The summed E-state index contributed by atoms with van der Waals surface area (Å²) in [5, 5.41) is 9.85. The Morgan fingerprint density at radius 1 is 1.25 bits per heavy atom. The lowest BCUT2D eigenvalue weighted by molar-refractivity contribution is -0.136. The van der Waals surface area contributed by atoms with Crippen LogP contribution < -0.4 is 0 Å². The Kier molecular flexibility index (Phi) is 6.31. The van der Waals surface area contributed by atoms with Gasteiger partial charge < -0.3 is 9.84 Å². The number of fused-ring (bicyclic) bond motifs is 1. The summed E-state index contributed by atoms with van der Waals surface area (Å²) < 4.78 is 6.03. The standard InChI is InChI=1S/C18H20BrNO4/c1-3-6-14-16(18(23)24-4-2)11(9-10-15(21)22)12-7-5-8-13(19)17(12)20-14/h5,7-8H,3-4,6,9-10H2,1-2H3,(H,21,22). The molecule has 0 atom stereocenters. The first-order valence-corrected chi connectivity index (χ1v) is 8.77. The molecule has 0 saturated heterocycles. The van der Waals surface area contributed by atoms with E-state index in [9.17, 15) is 9.59 Å². The Morgan fingerprint density at radius 3 is 2.62 bits per heavy atom. The third-order valence-corrected chi connectivity index (χ3v) is 4.34. The molecule has 0 aliphatic rings. The van der Waals surface area contributed by atoms with Crippen molar-refractivity contribution in [2.75, 3.05) is 6.61 Å². The van der Waals surface area contributed by atoms with E-state index in [0.29, 0.717) is 23.2 Å². The van der Waals surface area contributed by atoms with E-state index in [1.807, 2.05) is 25.1 Å². The zero-order chi connectivity index (χ0) is 17.7. The van der Waals surface area contributed by atoms with E-state index in [1.165, 1.54) is 0 Å². The van der Waals surface area contributed by atoms with Crippen LogP contribution in [0.3, 0.4) is 0 Å². The van der Waals surface area contributed by atoms with Gasteiger partial charge in [-0.2, -0.15) is 0 Å². The fraction of sp³-hybridized carbons (Fsp3) is 0.389. The Morgan fingerprint density at radius 2 is 2.00 bits per heavy atom. The molecule has 6 heteroatoms. The van der Waals surface area contributed by atoms with Gasteiger partial charge in [0.05, 0.1) is 23.4 Å². The first-order chi connectivity index (χ1) is 11.5. The molecule has 0 fully saturated rings. The highest BCUT2D eigenvalue weighted by molar-refractivity contribution is 9.10. The van der Waals surface area contributed by atoms with Crippen LogP contribution in [-0.4, -0.2) is 28.6 Å². The number of aromatic nitrogens is 1. The number of para-hydroxylation sites is 1. The number of aliphatic carboxylic acids is 1. The molecule has 24 heavy (non-hydrogen) atoms. The molecule has 2 aromatic rings. The highest BCUT2D eigenvalue weighted by atomic mass is 79.9. The molecule has 0 saturated carbocycles. The Bertz CT molecular complexity index is 773. The highest BCUT2D eigenvalue weighted by Gasteiger charge is 2.22. The average Bonchev–Trinajstić information content (AvgIpc) is 2.53. The second kappa shape index (κ2) is 8.24. The van der Waals surface area contributed by atoms with Crippen LogP contribution in [0.2, 0.25) is 0 Å². The molecule has 5 nitrogen and oxygen atoms in total. The molecular formula is C18H20BrNO4. The number of halogens is 1. The number of carboxylic acids is 1. The number of nitrogens with zero attached hydrogens (tertiary/aromatic N) is 1.